The van der Waals surface area contributed by atoms with Crippen molar-refractivity contribution in [2.75, 3.05) is 43.6 Å². The first-order valence-electron chi connectivity index (χ1n) is 10.8. The summed E-state index contributed by atoms with van der Waals surface area (Å²) in [4.78, 5) is 38.7. The molecule has 4 rings (SSSR count). The highest BCUT2D eigenvalue weighted by atomic mass is 32.2. The lowest BCUT2D eigenvalue weighted by atomic mass is 10.2. The lowest BCUT2D eigenvalue weighted by Gasteiger charge is -2.30. The number of benzene rings is 1. The molecule has 1 aromatic heterocycles. The first-order chi connectivity index (χ1) is 16.3. The molecular weight excluding hydrogens is 482 g/mol. The normalized spacial score (nSPS) is 16.9. The number of hydrogen-bond acceptors (Lipinski definition) is 8. The molecule has 0 saturated carbocycles. The zero-order chi connectivity index (χ0) is 24.3. The van der Waals surface area contributed by atoms with Gasteiger partial charge in [0.15, 0.2) is 6.61 Å². The lowest BCUT2D eigenvalue weighted by Crippen LogP contribution is -2.43. The van der Waals surface area contributed by atoms with Crippen LogP contribution in [0.3, 0.4) is 0 Å². The molecule has 0 atom stereocenters. The van der Waals surface area contributed by atoms with Gasteiger partial charge < -0.3 is 14.8 Å². The molecule has 2 amide bonds. The third kappa shape index (κ3) is 4.93. The molecule has 0 radical (unpaired) electrons. The van der Waals surface area contributed by atoms with Gasteiger partial charge in [0.1, 0.15) is 17.2 Å². The Balaban J connectivity index is 1.57. The molecule has 12 heteroatoms. The highest BCUT2D eigenvalue weighted by Crippen LogP contribution is 2.35. The van der Waals surface area contributed by atoms with E-state index in [-0.39, 0.29) is 34.3 Å². The molecule has 0 bridgehead atoms. The van der Waals surface area contributed by atoms with Crippen molar-refractivity contribution < 1.29 is 32.3 Å². The van der Waals surface area contributed by atoms with Gasteiger partial charge in [0.25, 0.3) is 5.91 Å². The molecule has 0 aliphatic carbocycles. The van der Waals surface area contributed by atoms with Crippen LogP contribution in [0, 0.1) is 0 Å². The van der Waals surface area contributed by atoms with Gasteiger partial charge in [0.05, 0.1) is 23.4 Å². The van der Waals surface area contributed by atoms with Crippen molar-refractivity contribution in [1.29, 1.82) is 0 Å². The third-order valence-corrected chi connectivity index (χ3v) is 8.48. The molecule has 0 spiro atoms. The summed E-state index contributed by atoms with van der Waals surface area (Å²) in [6.45, 7) is 0.248. The van der Waals surface area contributed by atoms with Crippen molar-refractivity contribution in [2.45, 2.75) is 30.6 Å². The monoisotopic (exact) mass is 507 g/mol. The number of nitrogens with zero attached hydrogens (tertiary/aromatic N) is 2. The predicted molar refractivity (Wildman–Crippen MR) is 126 cm³/mol. The Hall–Kier alpha value is -2.96. The van der Waals surface area contributed by atoms with E-state index in [1.807, 2.05) is 0 Å². The summed E-state index contributed by atoms with van der Waals surface area (Å²) in [6, 6.07) is 5.91. The number of methoxy groups -OCH3 is 1. The summed E-state index contributed by atoms with van der Waals surface area (Å²) in [5.41, 5.74) is 0.487. The molecule has 1 aromatic carbocycles. The molecule has 2 aliphatic heterocycles. The molecule has 34 heavy (non-hydrogen) atoms. The molecular formula is C22H25N3O7S2. The maximum absolute atomic E-state index is 13.2. The average molecular weight is 508 g/mol. The van der Waals surface area contributed by atoms with E-state index in [9.17, 15) is 22.8 Å². The van der Waals surface area contributed by atoms with Crippen LogP contribution in [0.4, 0.5) is 11.4 Å². The Morgan fingerprint density at radius 2 is 1.88 bits per heavy atom. The van der Waals surface area contributed by atoms with Crippen molar-refractivity contribution >= 4 is 50.5 Å². The minimum Gasteiger partial charge on any atom is -0.482 e. The summed E-state index contributed by atoms with van der Waals surface area (Å²) in [7, 11) is -2.51. The number of anilines is 2. The van der Waals surface area contributed by atoms with Crippen LogP contribution in [-0.2, 0) is 24.3 Å². The number of thiophene rings is 1. The van der Waals surface area contributed by atoms with Crippen molar-refractivity contribution in [3.05, 3.63) is 34.5 Å². The molecule has 1 saturated heterocycles. The fraction of sp³-hybridized carbons (Fsp3) is 0.409. The Kier molecular flexibility index (Phi) is 7.19. The van der Waals surface area contributed by atoms with Crippen LogP contribution in [0.5, 0.6) is 5.75 Å². The minimum atomic E-state index is -3.76. The van der Waals surface area contributed by atoms with E-state index in [0.29, 0.717) is 18.8 Å². The first kappa shape index (κ1) is 24.2. The second-order valence-electron chi connectivity index (χ2n) is 7.92. The van der Waals surface area contributed by atoms with Crippen LogP contribution in [0.25, 0.3) is 0 Å². The second-order valence-corrected chi connectivity index (χ2v) is 10.8. The highest BCUT2D eigenvalue weighted by molar-refractivity contribution is 7.89. The van der Waals surface area contributed by atoms with Gasteiger partial charge in [-0.25, -0.2) is 13.2 Å². The lowest BCUT2D eigenvalue weighted by molar-refractivity contribution is -0.123. The van der Waals surface area contributed by atoms with Crippen LogP contribution in [0.15, 0.2) is 34.5 Å². The summed E-state index contributed by atoms with van der Waals surface area (Å²) in [5, 5.41) is 4.25. The summed E-state index contributed by atoms with van der Waals surface area (Å²) < 4.78 is 38.1. The number of nitrogens with one attached hydrogen (secondary N) is 1. The van der Waals surface area contributed by atoms with Crippen LogP contribution in [0.1, 0.15) is 35.4 Å². The Morgan fingerprint density at radius 1 is 1.15 bits per heavy atom. The van der Waals surface area contributed by atoms with Crippen LogP contribution in [-0.4, -0.2) is 63.9 Å². The molecule has 2 aliphatic rings. The van der Waals surface area contributed by atoms with Crippen LogP contribution >= 0.6 is 11.3 Å². The van der Waals surface area contributed by atoms with Gasteiger partial charge in [0, 0.05) is 13.1 Å². The number of esters is 1. The molecule has 10 nitrogen and oxygen atoms in total. The second kappa shape index (κ2) is 10.1. The number of sulfonamides is 1. The molecule has 2 aromatic rings. The number of amides is 2. The summed E-state index contributed by atoms with van der Waals surface area (Å²) >= 11 is 1.12. The summed E-state index contributed by atoms with van der Waals surface area (Å²) in [5.74, 6) is -1.30. The van der Waals surface area contributed by atoms with Gasteiger partial charge in [-0.15, -0.1) is 11.3 Å². The van der Waals surface area contributed by atoms with E-state index >= 15 is 0 Å². The standard InChI is InChI=1S/C22H25N3O7S2/c1-31-22(28)21-16(8-11-33-21)23-19(26)13-25-17-12-15(6-7-18(17)32-14-20(25)27)34(29,30)24-9-4-2-3-5-10-24/h6-8,11-12H,2-5,9-10,13-14H2,1H3,(H,23,26). The van der Waals surface area contributed by atoms with Crippen LogP contribution in [0.2, 0.25) is 0 Å². The third-order valence-electron chi connectivity index (χ3n) is 5.69. The number of hydrogen-bond donors (Lipinski definition) is 1. The van der Waals surface area contributed by atoms with Crippen LogP contribution < -0.4 is 15.0 Å². The molecule has 0 unspecified atom stereocenters. The maximum atomic E-state index is 13.2. The number of fused-ring (bicyclic) bond motifs is 1. The van der Waals surface area contributed by atoms with E-state index in [0.717, 1.165) is 37.0 Å². The largest absolute Gasteiger partial charge is 0.482 e. The molecule has 182 valence electrons. The van der Waals surface area contributed by atoms with E-state index in [1.165, 1.54) is 34.5 Å². The smallest absolute Gasteiger partial charge is 0.350 e. The van der Waals surface area contributed by atoms with Crippen molar-refractivity contribution in [2.24, 2.45) is 0 Å². The van der Waals surface area contributed by atoms with Gasteiger partial charge in [-0.3, -0.25) is 14.5 Å². The zero-order valence-electron chi connectivity index (χ0n) is 18.6. The van der Waals surface area contributed by atoms with Gasteiger partial charge >= 0.3 is 5.97 Å². The number of ether oxygens (including phenoxy) is 2. The highest BCUT2D eigenvalue weighted by Gasteiger charge is 2.32. The predicted octanol–water partition coefficient (Wildman–Crippen LogP) is 2.46. The Morgan fingerprint density at radius 3 is 2.59 bits per heavy atom. The van der Waals surface area contributed by atoms with Gasteiger partial charge in [0.2, 0.25) is 15.9 Å². The fourth-order valence-electron chi connectivity index (χ4n) is 3.94. The number of rotatable bonds is 6. The van der Waals surface area contributed by atoms with Crippen molar-refractivity contribution in [1.82, 2.24) is 4.31 Å². The van der Waals surface area contributed by atoms with E-state index in [1.54, 1.807) is 11.4 Å². The molecule has 1 fully saturated rings. The van der Waals surface area contributed by atoms with Gasteiger partial charge in [-0.1, -0.05) is 12.8 Å². The number of carbonyl (C=O) groups excluding carboxylic acids is 3. The minimum absolute atomic E-state index is 0.0441. The van der Waals surface area contributed by atoms with E-state index in [4.69, 9.17) is 9.47 Å². The zero-order valence-corrected chi connectivity index (χ0v) is 20.2. The van der Waals surface area contributed by atoms with Gasteiger partial charge in [-0.05, 0) is 42.5 Å². The molecule has 1 N–H and O–H groups in total. The quantitative estimate of drug-likeness (QED) is 0.596. The number of carbonyl (C=O) groups is 3. The van der Waals surface area contributed by atoms with Gasteiger partial charge in [-0.2, -0.15) is 4.31 Å². The first-order valence-corrected chi connectivity index (χ1v) is 13.2. The molecule has 3 heterocycles. The fourth-order valence-corrected chi connectivity index (χ4v) is 6.24. The topological polar surface area (TPSA) is 122 Å². The van der Waals surface area contributed by atoms with Crippen molar-refractivity contribution in [3.8, 4) is 5.75 Å². The Bertz CT molecular complexity index is 1200. The SMILES string of the molecule is COC(=O)c1sccc1NC(=O)CN1C(=O)COc2ccc(S(=O)(=O)N3CCCCCC3)cc21. The Labute approximate surface area is 201 Å². The summed E-state index contributed by atoms with van der Waals surface area (Å²) in [6.07, 6.45) is 3.58. The van der Waals surface area contributed by atoms with Crippen molar-refractivity contribution in [3.63, 3.8) is 0 Å². The van der Waals surface area contributed by atoms with E-state index in [2.05, 4.69) is 5.32 Å². The maximum Gasteiger partial charge on any atom is 0.350 e. The average Bonchev–Trinajstić information content (AvgIpc) is 3.10. The van der Waals surface area contributed by atoms with E-state index < -0.39 is 27.8 Å².